The zero-order valence-electron chi connectivity index (χ0n) is 9.82. The number of hydrogen-bond donors (Lipinski definition) is 0. The average Bonchev–Trinajstić information content (AvgIpc) is 2.89. The van der Waals surface area contributed by atoms with Gasteiger partial charge in [0.05, 0.1) is 13.2 Å². The lowest BCUT2D eigenvalue weighted by atomic mass is 10.2. The van der Waals surface area contributed by atoms with Gasteiger partial charge in [0.2, 0.25) is 0 Å². The van der Waals surface area contributed by atoms with Crippen molar-refractivity contribution < 1.29 is 13.9 Å². The Hall–Kier alpha value is -0.810. The maximum atomic E-state index is 11.7. The summed E-state index contributed by atoms with van der Waals surface area (Å²) >= 11 is 3.27. The highest BCUT2D eigenvalue weighted by molar-refractivity contribution is 9.10. The summed E-state index contributed by atoms with van der Waals surface area (Å²) in [5, 5.41) is 0. The van der Waals surface area contributed by atoms with Crippen LogP contribution in [-0.4, -0.2) is 30.1 Å². The van der Waals surface area contributed by atoms with Crippen LogP contribution < -0.4 is 0 Å². The number of hydrogen-bond acceptors (Lipinski definition) is 4. The van der Waals surface area contributed by atoms with Gasteiger partial charge in [0, 0.05) is 0 Å². The van der Waals surface area contributed by atoms with Gasteiger partial charge in [-0.05, 0) is 54.4 Å². The summed E-state index contributed by atoms with van der Waals surface area (Å²) in [6, 6.07) is 3.67. The number of ether oxygens (including phenoxy) is 1. The molecule has 4 nitrogen and oxygen atoms in total. The second kappa shape index (κ2) is 5.69. The van der Waals surface area contributed by atoms with Crippen molar-refractivity contribution in [3.8, 4) is 0 Å². The van der Waals surface area contributed by atoms with Gasteiger partial charge in [-0.15, -0.1) is 0 Å². The number of furan rings is 1. The fourth-order valence-corrected chi connectivity index (χ4v) is 2.50. The summed E-state index contributed by atoms with van der Waals surface area (Å²) in [6.07, 6.45) is 1.91. The minimum atomic E-state index is -0.115. The molecule has 0 bridgehead atoms. The second-order valence-corrected chi connectivity index (χ2v) is 4.87. The zero-order valence-corrected chi connectivity index (χ0v) is 11.4. The van der Waals surface area contributed by atoms with Gasteiger partial charge in [-0.25, -0.2) is 0 Å². The van der Waals surface area contributed by atoms with Crippen molar-refractivity contribution in [1.82, 2.24) is 4.90 Å². The van der Waals surface area contributed by atoms with Gasteiger partial charge in [0.1, 0.15) is 11.8 Å². The average molecular weight is 302 g/mol. The molecule has 1 aromatic rings. The summed E-state index contributed by atoms with van der Waals surface area (Å²) in [5.74, 6) is 0.753. The van der Waals surface area contributed by atoms with Crippen LogP contribution in [0.2, 0.25) is 0 Å². The van der Waals surface area contributed by atoms with Crippen LogP contribution in [0.5, 0.6) is 0 Å². The van der Waals surface area contributed by atoms with Crippen molar-refractivity contribution in [2.75, 3.05) is 13.2 Å². The van der Waals surface area contributed by atoms with E-state index in [2.05, 4.69) is 20.8 Å². The fourth-order valence-electron chi connectivity index (χ4n) is 2.16. The highest BCUT2D eigenvalue weighted by Crippen LogP contribution is 2.23. The van der Waals surface area contributed by atoms with Gasteiger partial charge in [-0.2, -0.15) is 0 Å². The Morgan fingerprint density at radius 1 is 1.65 bits per heavy atom. The predicted octanol–water partition coefficient (Wildman–Crippen LogP) is 2.57. The van der Waals surface area contributed by atoms with Crippen molar-refractivity contribution in [3.63, 3.8) is 0 Å². The Morgan fingerprint density at radius 3 is 3.12 bits per heavy atom. The van der Waals surface area contributed by atoms with Crippen molar-refractivity contribution in [3.05, 3.63) is 22.6 Å². The maximum Gasteiger partial charge on any atom is 0.323 e. The molecule has 0 aliphatic carbocycles. The molecule has 1 aliphatic rings. The minimum Gasteiger partial charge on any atom is -0.465 e. The van der Waals surface area contributed by atoms with Crippen LogP contribution >= 0.6 is 15.9 Å². The first kappa shape index (κ1) is 12.6. The van der Waals surface area contributed by atoms with Gasteiger partial charge in [-0.3, -0.25) is 9.69 Å². The van der Waals surface area contributed by atoms with Gasteiger partial charge in [-0.1, -0.05) is 0 Å². The van der Waals surface area contributed by atoms with Gasteiger partial charge in [0.25, 0.3) is 0 Å². The van der Waals surface area contributed by atoms with Gasteiger partial charge < -0.3 is 9.15 Å². The molecule has 0 N–H and O–H groups in total. The molecule has 2 heterocycles. The molecule has 1 saturated heterocycles. The molecular weight excluding hydrogens is 286 g/mol. The summed E-state index contributed by atoms with van der Waals surface area (Å²) in [7, 11) is 0. The largest absolute Gasteiger partial charge is 0.465 e. The first-order chi connectivity index (χ1) is 8.20. The Morgan fingerprint density at radius 2 is 2.47 bits per heavy atom. The number of carbonyl (C=O) groups excluding carboxylic acids is 1. The summed E-state index contributed by atoms with van der Waals surface area (Å²) < 4.78 is 11.3. The lowest BCUT2D eigenvalue weighted by Crippen LogP contribution is -2.36. The van der Waals surface area contributed by atoms with Crippen LogP contribution in [0.25, 0.3) is 0 Å². The SMILES string of the molecule is CCOC(=O)C1CCCN1Cc1ccc(Br)o1. The van der Waals surface area contributed by atoms with Crippen LogP contribution in [-0.2, 0) is 16.1 Å². The van der Waals surface area contributed by atoms with E-state index in [-0.39, 0.29) is 12.0 Å². The van der Waals surface area contributed by atoms with Crippen molar-refractivity contribution in [2.24, 2.45) is 0 Å². The van der Waals surface area contributed by atoms with Gasteiger partial charge in [0.15, 0.2) is 4.67 Å². The Bertz CT molecular complexity index is 391. The lowest BCUT2D eigenvalue weighted by molar-refractivity contribution is -0.148. The van der Waals surface area contributed by atoms with E-state index in [1.54, 1.807) is 0 Å². The van der Waals surface area contributed by atoms with E-state index in [1.807, 2.05) is 19.1 Å². The third kappa shape index (κ3) is 3.10. The van der Waals surface area contributed by atoms with Crippen molar-refractivity contribution >= 4 is 21.9 Å². The van der Waals surface area contributed by atoms with Crippen molar-refractivity contribution in [2.45, 2.75) is 32.4 Å². The van der Waals surface area contributed by atoms with E-state index in [0.29, 0.717) is 13.2 Å². The highest BCUT2D eigenvalue weighted by atomic mass is 79.9. The highest BCUT2D eigenvalue weighted by Gasteiger charge is 2.32. The molecule has 1 atom stereocenters. The fraction of sp³-hybridized carbons (Fsp3) is 0.583. The smallest absolute Gasteiger partial charge is 0.323 e. The number of halogens is 1. The normalized spacial score (nSPS) is 20.7. The Kier molecular flexibility index (Phi) is 4.23. The molecule has 94 valence electrons. The molecule has 0 spiro atoms. The molecule has 1 aromatic heterocycles. The molecule has 17 heavy (non-hydrogen) atoms. The number of nitrogens with zero attached hydrogens (tertiary/aromatic N) is 1. The molecule has 0 amide bonds. The van der Waals surface area contributed by atoms with Crippen LogP contribution in [0, 0.1) is 0 Å². The number of esters is 1. The quantitative estimate of drug-likeness (QED) is 0.802. The van der Waals surface area contributed by atoms with Crippen LogP contribution in [0.15, 0.2) is 21.2 Å². The molecule has 5 heteroatoms. The number of rotatable bonds is 4. The minimum absolute atomic E-state index is 0.112. The lowest BCUT2D eigenvalue weighted by Gasteiger charge is -2.21. The third-order valence-corrected chi connectivity index (χ3v) is 3.34. The molecule has 0 saturated carbocycles. The summed E-state index contributed by atoms with van der Waals surface area (Å²) in [5.41, 5.74) is 0. The predicted molar refractivity (Wildman–Crippen MR) is 66.5 cm³/mol. The molecule has 1 fully saturated rings. The molecule has 0 radical (unpaired) electrons. The van der Waals surface area contributed by atoms with Crippen LogP contribution in [0.4, 0.5) is 0 Å². The summed E-state index contributed by atoms with van der Waals surface area (Å²) in [6.45, 7) is 3.85. The number of carbonyl (C=O) groups is 1. The van der Waals surface area contributed by atoms with Crippen LogP contribution in [0.1, 0.15) is 25.5 Å². The van der Waals surface area contributed by atoms with E-state index in [4.69, 9.17) is 9.15 Å². The van der Waals surface area contributed by atoms with E-state index >= 15 is 0 Å². The first-order valence-electron chi connectivity index (χ1n) is 5.85. The molecule has 1 unspecified atom stereocenters. The molecular formula is C12H16BrNO3. The molecule has 0 aromatic carbocycles. The molecule has 1 aliphatic heterocycles. The standard InChI is InChI=1S/C12H16BrNO3/c1-2-16-12(15)10-4-3-7-14(10)8-9-5-6-11(13)17-9/h5-6,10H,2-4,7-8H2,1H3. The van der Waals surface area contributed by atoms with E-state index in [1.165, 1.54) is 0 Å². The monoisotopic (exact) mass is 301 g/mol. The Labute approximate surface area is 109 Å². The third-order valence-electron chi connectivity index (χ3n) is 2.91. The number of likely N-dealkylation sites (tertiary alicyclic amines) is 1. The van der Waals surface area contributed by atoms with Crippen LogP contribution in [0.3, 0.4) is 0 Å². The molecule has 2 rings (SSSR count). The topological polar surface area (TPSA) is 42.7 Å². The van der Waals surface area contributed by atoms with Crippen molar-refractivity contribution in [1.29, 1.82) is 0 Å². The van der Waals surface area contributed by atoms with E-state index in [9.17, 15) is 4.79 Å². The van der Waals surface area contributed by atoms with E-state index < -0.39 is 0 Å². The summed E-state index contributed by atoms with van der Waals surface area (Å²) in [4.78, 5) is 13.9. The van der Waals surface area contributed by atoms with Gasteiger partial charge >= 0.3 is 5.97 Å². The Balaban J connectivity index is 1.97. The zero-order chi connectivity index (χ0) is 12.3. The second-order valence-electron chi connectivity index (χ2n) is 4.09. The maximum absolute atomic E-state index is 11.7. The van der Waals surface area contributed by atoms with E-state index in [0.717, 1.165) is 29.8 Å². The first-order valence-corrected chi connectivity index (χ1v) is 6.65.